The van der Waals surface area contributed by atoms with Gasteiger partial charge in [0, 0.05) is 54.4 Å². The van der Waals surface area contributed by atoms with Crippen LogP contribution in [0.4, 0.5) is 0 Å². The van der Waals surface area contributed by atoms with Crippen molar-refractivity contribution in [2.24, 2.45) is 253 Å². The monoisotopic (exact) mass is 2010 g/mol. The van der Waals surface area contributed by atoms with E-state index in [0.717, 1.165) is 237 Å². The molecule has 0 aliphatic heterocycles. The maximum atomic E-state index is 5.76. The van der Waals surface area contributed by atoms with Gasteiger partial charge < -0.3 is 50.4 Å². The van der Waals surface area contributed by atoms with Gasteiger partial charge in [-0.15, -0.1) is 0 Å². The Balaban J connectivity index is 0.000000518. The standard InChI is InChI=1S/C11H20.3C10H21N.3C10H20.5C8H17N.2C8H16.C7H15N/c1-8(2)10-6-11(7-10)4-9(3)5-11;3*1-8(2)9-4-6-10(11-3)7-5-9;3*1-8(2)10-6-4-9(3)5-7-10;5*1-6(2)7-3-4-8(9)5-7;2*1-6(2)8-4-7(3)5-8;1-5(2)6-3-7(8)4-6/h8-10H,4-7H2,1-3H3;3*8-11H,4-7H2,1-3H3;3*8-10H,4-7H2,1-3H3;5*6-8H,3-5,9H2,1-2H3;2*6-8H,4-5H2,1-3H3;5-7H,3-4,8H2,1-2H3/t;;;;;;;2*7-,8+;2*7-,8-;;;;/m.......1010..../s1. The van der Waals surface area contributed by atoms with Crippen LogP contribution in [0.25, 0.3) is 0 Å². The molecule has 0 aromatic heterocycles. The normalized spacial score (nSPS) is 36.3. The topological polar surface area (TPSA) is 192 Å². The molecule has 2 unspecified atom stereocenters. The molecule has 9 heteroatoms. The molecule has 16 fully saturated rings. The van der Waals surface area contributed by atoms with Crippen molar-refractivity contribution in [3.8, 4) is 0 Å². The predicted molar refractivity (Wildman–Crippen MR) is 645 cm³/mol. The first-order chi connectivity index (χ1) is 67.0. The zero-order chi connectivity index (χ0) is 108. The van der Waals surface area contributed by atoms with Crippen LogP contribution in [-0.4, -0.2) is 75.5 Å². The molecule has 16 aliphatic carbocycles. The molecule has 0 amide bonds. The molecule has 10 atom stereocenters. The fraction of sp³-hybridized carbons (Fsp3) is 1.00. The third-order valence-corrected chi connectivity index (χ3v) is 41.4. The van der Waals surface area contributed by atoms with Crippen LogP contribution in [0.1, 0.15) is 564 Å². The van der Waals surface area contributed by atoms with E-state index in [0.29, 0.717) is 36.3 Å². The second kappa shape index (κ2) is 75.5. The van der Waals surface area contributed by atoms with Gasteiger partial charge in [-0.1, -0.05) is 288 Å². The van der Waals surface area contributed by atoms with E-state index in [1.165, 1.54) is 302 Å². The Morgan fingerprint density at radius 1 is 0.147 bits per heavy atom. The van der Waals surface area contributed by atoms with Crippen LogP contribution in [0.2, 0.25) is 0 Å². The summed E-state index contributed by atoms with van der Waals surface area (Å²) >= 11 is 0. The Morgan fingerprint density at radius 2 is 0.294 bits per heavy atom. The highest BCUT2D eigenvalue weighted by Gasteiger charge is 2.52. The zero-order valence-corrected chi connectivity index (χ0v) is 105. The Morgan fingerprint density at radius 3 is 0.399 bits per heavy atom. The van der Waals surface area contributed by atoms with Crippen LogP contribution >= 0.6 is 0 Å². The lowest BCUT2D eigenvalue weighted by atomic mass is 9.47. The maximum absolute atomic E-state index is 5.76. The molecule has 0 aromatic rings. The molecule has 9 nitrogen and oxygen atoms in total. The molecular weight excluding hydrogens is 1740 g/mol. The minimum absolute atomic E-state index is 0.511. The summed E-state index contributed by atoms with van der Waals surface area (Å²) < 4.78 is 0. The molecule has 856 valence electrons. The van der Waals surface area contributed by atoms with Crippen molar-refractivity contribution in [3.63, 3.8) is 0 Å². The number of rotatable bonds is 18. The van der Waals surface area contributed by atoms with Gasteiger partial charge in [-0.2, -0.15) is 0 Å². The second-order valence-electron chi connectivity index (χ2n) is 58.9. The van der Waals surface area contributed by atoms with Crippen molar-refractivity contribution in [2.45, 2.75) is 618 Å². The maximum Gasteiger partial charge on any atom is 0.00642 e. The SMILES string of the molecule is CC(C)C1CC(N)C1.CC(C)C1CCC(N)C1.CC(C)[C@@H]1CC[C@@H](N)C1.CC(C)[C@@H]1CC[C@H](N)C1.CC(C)[C@H]1CC[C@@H](N)C1.CC(C)[C@H]1CC[C@H](N)C1.CC1CC(C(C)C)C1.CC1CC(C(C)C)C1.CC1CC2(C1)CC(C(C)C)C2.CC1CCC(C(C)C)CC1.CC1CCC(C(C)C)CC1.CC1CCC(C(C)C)CC1.CNC1CCC(C(C)C)CC1.CNC1CCC(C(C)C)CC1.CNC1CCC(C(C)C)CC1. The summed E-state index contributed by atoms with van der Waals surface area (Å²) in [6.07, 6.45) is 68.7. The molecule has 16 saturated carbocycles. The highest BCUT2D eigenvalue weighted by atomic mass is 14.9. The molecule has 0 radical (unpaired) electrons. The van der Waals surface area contributed by atoms with Gasteiger partial charge in [0.15, 0.2) is 0 Å². The van der Waals surface area contributed by atoms with Gasteiger partial charge >= 0.3 is 0 Å². The highest BCUT2D eigenvalue weighted by molar-refractivity contribution is 5.02. The van der Waals surface area contributed by atoms with Crippen LogP contribution < -0.4 is 50.4 Å². The average Bonchev–Trinajstić information content (AvgIpc) is 1.62. The fourth-order valence-corrected chi connectivity index (χ4v) is 27.9. The van der Waals surface area contributed by atoms with E-state index < -0.39 is 0 Å². The molecule has 143 heavy (non-hydrogen) atoms. The number of nitrogens with one attached hydrogen (secondary N) is 3. The van der Waals surface area contributed by atoms with Crippen LogP contribution in [0.3, 0.4) is 0 Å². The Hall–Kier alpha value is -0.360. The van der Waals surface area contributed by atoms with Gasteiger partial charge in [0.2, 0.25) is 0 Å². The van der Waals surface area contributed by atoms with Gasteiger partial charge in [-0.3, -0.25) is 0 Å². The number of hydrogen-bond acceptors (Lipinski definition) is 9. The molecule has 0 saturated heterocycles. The third-order valence-electron chi connectivity index (χ3n) is 41.4. The molecule has 16 aliphatic rings. The van der Waals surface area contributed by atoms with Crippen molar-refractivity contribution in [3.05, 3.63) is 0 Å². The first-order valence-electron chi connectivity index (χ1n) is 64.6. The van der Waals surface area contributed by atoms with Gasteiger partial charge in [-0.25, -0.2) is 0 Å². The van der Waals surface area contributed by atoms with Crippen molar-refractivity contribution in [1.82, 2.24) is 16.0 Å². The first-order valence-corrected chi connectivity index (χ1v) is 64.6. The molecule has 0 aromatic carbocycles. The van der Waals surface area contributed by atoms with Crippen LogP contribution in [0, 0.1) is 218 Å². The van der Waals surface area contributed by atoms with E-state index in [2.05, 4.69) is 286 Å². The van der Waals surface area contributed by atoms with E-state index in [4.69, 9.17) is 34.4 Å². The van der Waals surface area contributed by atoms with Crippen molar-refractivity contribution >= 4 is 0 Å². The van der Waals surface area contributed by atoms with Crippen molar-refractivity contribution in [2.75, 3.05) is 21.1 Å². The Labute approximate surface area is 902 Å². The molecule has 16 rings (SSSR count). The van der Waals surface area contributed by atoms with Gasteiger partial charge in [0.1, 0.15) is 0 Å². The van der Waals surface area contributed by atoms with Gasteiger partial charge in [0.25, 0.3) is 0 Å². The summed E-state index contributed by atoms with van der Waals surface area (Å²) in [5, 5.41) is 10.1. The van der Waals surface area contributed by atoms with Crippen LogP contribution in [-0.2, 0) is 0 Å². The smallest absolute Gasteiger partial charge is 0.00642 e. The minimum Gasteiger partial charge on any atom is -0.328 e. The lowest BCUT2D eigenvalue weighted by Gasteiger charge is -2.58. The highest BCUT2D eigenvalue weighted by Crippen LogP contribution is 2.62. The molecule has 0 heterocycles. The second-order valence-corrected chi connectivity index (χ2v) is 58.9. The van der Waals surface area contributed by atoms with E-state index >= 15 is 0 Å². The largest absolute Gasteiger partial charge is 0.328 e. The van der Waals surface area contributed by atoms with E-state index in [9.17, 15) is 0 Å². The zero-order valence-electron chi connectivity index (χ0n) is 105. The summed E-state index contributed by atoms with van der Waals surface area (Å²) in [5.74, 6) is 34.3. The number of nitrogens with two attached hydrogens (primary N) is 6. The van der Waals surface area contributed by atoms with Crippen LogP contribution in [0.15, 0.2) is 0 Å². The Kier molecular flexibility index (Phi) is 73.2. The van der Waals surface area contributed by atoms with Gasteiger partial charge in [0.05, 0.1) is 0 Å². The first kappa shape index (κ1) is 139. The Bertz CT molecular complexity index is 2550. The minimum atomic E-state index is 0.511. The molecular formula is C134H275N9. The summed E-state index contributed by atoms with van der Waals surface area (Å²) in [7, 11) is 6.25. The lowest BCUT2D eigenvalue weighted by Crippen LogP contribution is -2.48. The molecule has 15 N–H and O–H groups in total. The van der Waals surface area contributed by atoms with Crippen LogP contribution in [0.5, 0.6) is 0 Å². The summed E-state index contributed by atoms with van der Waals surface area (Å²) in [6.45, 7) is 84.1. The average molecular weight is 2010 g/mol. The summed E-state index contributed by atoms with van der Waals surface area (Å²) in [4.78, 5) is 0. The third kappa shape index (κ3) is 59.9. The van der Waals surface area contributed by atoms with E-state index in [1.54, 1.807) is 12.8 Å². The fourth-order valence-electron chi connectivity index (χ4n) is 27.9. The molecule has 1 spiro atoms. The van der Waals surface area contributed by atoms with E-state index in [1.807, 2.05) is 0 Å². The number of hydrogen-bond donors (Lipinski definition) is 9. The quantitative estimate of drug-likeness (QED) is 0.0642. The summed E-state index contributed by atoms with van der Waals surface area (Å²) in [6, 6.07) is 5.52. The van der Waals surface area contributed by atoms with Gasteiger partial charge in [-0.05, 0) is 516 Å². The van der Waals surface area contributed by atoms with E-state index in [-0.39, 0.29) is 0 Å². The van der Waals surface area contributed by atoms with Crippen molar-refractivity contribution in [1.29, 1.82) is 0 Å². The molecule has 0 bridgehead atoms. The lowest BCUT2D eigenvalue weighted by molar-refractivity contribution is -0.0768. The summed E-state index contributed by atoms with van der Waals surface area (Å²) in [5.41, 5.74) is 35.3. The predicted octanol–water partition coefficient (Wildman–Crippen LogP) is 36.7. The van der Waals surface area contributed by atoms with Crippen molar-refractivity contribution < 1.29 is 0 Å².